The number of nitrogens with zero attached hydrogens (tertiary/aromatic N) is 2. The largest absolute Gasteiger partial charge is 0.411 e. The zero-order chi connectivity index (χ0) is 14.4. The number of oxime groups is 1. The molecule has 0 unspecified atom stereocenters. The molecule has 2 saturated heterocycles. The molecule has 0 spiro atoms. The van der Waals surface area contributed by atoms with Crippen LogP contribution in [0.4, 0.5) is 0 Å². The number of fused-ring (bicyclic) bond motifs is 4. The Morgan fingerprint density at radius 1 is 0.905 bits per heavy atom. The molecule has 0 aromatic heterocycles. The van der Waals surface area contributed by atoms with E-state index < -0.39 is 0 Å². The van der Waals surface area contributed by atoms with Crippen LogP contribution < -0.4 is 0 Å². The maximum Gasteiger partial charge on any atom is 0.0601 e. The number of rotatable bonds is 1. The molecule has 3 heteroatoms. The Labute approximate surface area is 128 Å². The van der Waals surface area contributed by atoms with Crippen LogP contribution >= 0.6 is 0 Å². The van der Waals surface area contributed by atoms with E-state index in [1.165, 1.54) is 51.4 Å². The van der Waals surface area contributed by atoms with Gasteiger partial charge >= 0.3 is 0 Å². The van der Waals surface area contributed by atoms with E-state index in [1.807, 2.05) is 0 Å². The van der Waals surface area contributed by atoms with Crippen LogP contribution in [0.2, 0.25) is 0 Å². The second-order valence-corrected chi connectivity index (χ2v) is 8.43. The SMILES string of the molecule is C[C@@H]1C[C@@H]2C[C@H](C1)C[C@@H](N1[C@@H]3CCC[C@H]1C/C(=N\O)C3)C2. The van der Waals surface area contributed by atoms with E-state index in [-0.39, 0.29) is 0 Å². The second-order valence-electron chi connectivity index (χ2n) is 8.43. The molecule has 3 nitrogen and oxygen atoms in total. The molecule has 118 valence electrons. The van der Waals surface area contributed by atoms with Gasteiger partial charge in [0.25, 0.3) is 0 Å². The fraction of sp³-hybridized carbons (Fsp3) is 0.944. The van der Waals surface area contributed by atoms with Gasteiger partial charge in [-0.1, -0.05) is 18.5 Å². The van der Waals surface area contributed by atoms with Crippen molar-refractivity contribution in [3.05, 3.63) is 0 Å². The lowest BCUT2D eigenvalue weighted by Gasteiger charge is -2.54. The van der Waals surface area contributed by atoms with Gasteiger partial charge in [-0.2, -0.15) is 0 Å². The third kappa shape index (κ3) is 2.62. The smallest absolute Gasteiger partial charge is 0.0601 e. The van der Waals surface area contributed by atoms with Crippen molar-refractivity contribution in [2.45, 2.75) is 89.3 Å². The first-order valence-electron chi connectivity index (χ1n) is 9.20. The molecule has 4 rings (SSSR count). The summed E-state index contributed by atoms with van der Waals surface area (Å²) in [6, 6.07) is 2.17. The molecule has 4 fully saturated rings. The molecule has 0 aromatic carbocycles. The van der Waals surface area contributed by atoms with Crippen LogP contribution in [0.3, 0.4) is 0 Å². The summed E-state index contributed by atoms with van der Waals surface area (Å²) < 4.78 is 0. The topological polar surface area (TPSA) is 35.8 Å². The molecule has 0 radical (unpaired) electrons. The first-order valence-corrected chi connectivity index (χ1v) is 9.20. The zero-order valence-corrected chi connectivity index (χ0v) is 13.4. The summed E-state index contributed by atoms with van der Waals surface area (Å²) in [5, 5.41) is 12.7. The Morgan fingerprint density at radius 2 is 1.52 bits per heavy atom. The molecule has 2 heterocycles. The summed E-state index contributed by atoms with van der Waals surface area (Å²) >= 11 is 0. The quantitative estimate of drug-likeness (QED) is 0.584. The predicted molar refractivity (Wildman–Crippen MR) is 84.7 cm³/mol. The maximum absolute atomic E-state index is 9.17. The average Bonchev–Trinajstić information content (AvgIpc) is 2.44. The molecule has 4 bridgehead atoms. The lowest BCUT2D eigenvalue weighted by Crippen LogP contribution is -2.58. The first-order chi connectivity index (χ1) is 10.2. The number of hydrogen-bond donors (Lipinski definition) is 1. The minimum atomic E-state index is 0.671. The average molecular weight is 290 g/mol. The van der Waals surface area contributed by atoms with Gasteiger partial charge in [0.1, 0.15) is 0 Å². The van der Waals surface area contributed by atoms with Crippen LogP contribution in [-0.2, 0) is 0 Å². The third-order valence-electron chi connectivity index (χ3n) is 6.77. The van der Waals surface area contributed by atoms with Gasteiger partial charge in [0, 0.05) is 31.0 Å². The van der Waals surface area contributed by atoms with Gasteiger partial charge in [0.15, 0.2) is 0 Å². The highest BCUT2D eigenvalue weighted by atomic mass is 16.4. The van der Waals surface area contributed by atoms with Crippen LogP contribution in [0.25, 0.3) is 0 Å². The molecule has 2 aliphatic carbocycles. The Morgan fingerprint density at radius 3 is 2.10 bits per heavy atom. The van der Waals surface area contributed by atoms with E-state index in [0.29, 0.717) is 12.1 Å². The highest BCUT2D eigenvalue weighted by Crippen LogP contribution is 2.46. The van der Waals surface area contributed by atoms with E-state index in [9.17, 15) is 5.21 Å². The van der Waals surface area contributed by atoms with Gasteiger partial charge in [-0.15, -0.1) is 0 Å². The van der Waals surface area contributed by atoms with Gasteiger partial charge in [-0.05, 0) is 62.7 Å². The van der Waals surface area contributed by atoms with Crippen molar-refractivity contribution in [3.63, 3.8) is 0 Å². The third-order valence-corrected chi connectivity index (χ3v) is 6.77. The van der Waals surface area contributed by atoms with E-state index in [4.69, 9.17) is 0 Å². The van der Waals surface area contributed by atoms with Gasteiger partial charge in [0.2, 0.25) is 0 Å². The van der Waals surface area contributed by atoms with Gasteiger partial charge < -0.3 is 5.21 Å². The van der Waals surface area contributed by atoms with Crippen molar-refractivity contribution in [1.82, 2.24) is 4.90 Å². The summed E-state index contributed by atoms with van der Waals surface area (Å²) in [6.45, 7) is 2.46. The normalized spacial score (nSPS) is 49.3. The Balaban J connectivity index is 1.51. The van der Waals surface area contributed by atoms with E-state index in [2.05, 4.69) is 17.0 Å². The van der Waals surface area contributed by atoms with E-state index >= 15 is 0 Å². The Hall–Kier alpha value is -0.570. The first kappa shape index (κ1) is 14.0. The molecule has 2 saturated carbocycles. The van der Waals surface area contributed by atoms with Crippen molar-refractivity contribution in [3.8, 4) is 0 Å². The molecular weight excluding hydrogens is 260 g/mol. The predicted octanol–water partition coefficient (Wildman–Crippen LogP) is 4.05. The number of piperidine rings is 2. The second kappa shape index (κ2) is 5.57. The molecule has 1 N–H and O–H groups in total. The maximum atomic E-state index is 9.17. The summed E-state index contributed by atoms with van der Waals surface area (Å²) in [6.07, 6.45) is 13.4. The van der Waals surface area contributed by atoms with Crippen LogP contribution in [0, 0.1) is 17.8 Å². The zero-order valence-electron chi connectivity index (χ0n) is 13.4. The standard InChI is InChI=1S/C18H30N2O/c1-12-5-13-7-14(6-12)9-18(8-13)20-16-3-2-4-17(20)11-15(10-16)19-21/h12-14,16-18,21H,2-11H2,1H3/b19-15-/t12-,13-,14+,16-,17+,18+/m1/s1. The summed E-state index contributed by atoms with van der Waals surface area (Å²) in [4.78, 5) is 2.90. The summed E-state index contributed by atoms with van der Waals surface area (Å²) in [5.74, 6) is 2.95. The van der Waals surface area contributed by atoms with E-state index in [1.54, 1.807) is 0 Å². The van der Waals surface area contributed by atoms with Crippen LogP contribution in [0.15, 0.2) is 5.16 Å². The number of hydrogen-bond acceptors (Lipinski definition) is 3. The lowest BCUT2D eigenvalue weighted by molar-refractivity contribution is -0.0212. The Bertz CT molecular complexity index is 387. The fourth-order valence-electron chi connectivity index (χ4n) is 6.30. The van der Waals surface area contributed by atoms with Gasteiger partial charge in [-0.25, -0.2) is 0 Å². The monoisotopic (exact) mass is 290 g/mol. The highest BCUT2D eigenvalue weighted by Gasteiger charge is 2.44. The van der Waals surface area contributed by atoms with E-state index in [0.717, 1.165) is 42.3 Å². The highest BCUT2D eigenvalue weighted by molar-refractivity contribution is 5.86. The van der Waals surface area contributed by atoms with Crippen LogP contribution in [0.1, 0.15) is 71.1 Å². The van der Waals surface area contributed by atoms with Crippen LogP contribution in [0.5, 0.6) is 0 Å². The minimum absolute atomic E-state index is 0.671. The van der Waals surface area contributed by atoms with Crippen molar-refractivity contribution in [2.75, 3.05) is 0 Å². The van der Waals surface area contributed by atoms with Crippen molar-refractivity contribution >= 4 is 5.71 Å². The molecule has 6 atom stereocenters. The molecular formula is C18H30N2O. The van der Waals surface area contributed by atoms with Crippen molar-refractivity contribution in [2.24, 2.45) is 22.9 Å². The van der Waals surface area contributed by atoms with Gasteiger partial charge in [-0.3, -0.25) is 4.90 Å². The molecule has 4 aliphatic rings. The Kier molecular flexibility index (Phi) is 3.72. The lowest BCUT2D eigenvalue weighted by atomic mass is 9.65. The van der Waals surface area contributed by atoms with Crippen molar-refractivity contribution in [1.29, 1.82) is 0 Å². The molecule has 21 heavy (non-hydrogen) atoms. The van der Waals surface area contributed by atoms with Crippen LogP contribution in [-0.4, -0.2) is 33.9 Å². The summed E-state index contributed by atoms with van der Waals surface area (Å²) in [7, 11) is 0. The fourth-order valence-corrected chi connectivity index (χ4v) is 6.30. The molecule has 0 aromatic rings. The minimum Gasteiger partial charge on any atom is -0.411 e. The summed E-state index contributed by atoms with van der Waals surface area (Å²) in [5.41, 5.74) is 1.06. The molecule has 0 amide bonds. The van der Waals surface area contributed by atoms with Gasteiger partial charge in [0.05, 0.1) is 5.71 Å². The molecule has 2 aliphatic heterocycles. The van der Waals surface area contributed by atoms with Crippen molar-refractivity contribution < 1.29 is 5.21 Å².